The maximum absolute atomic E-state index is 13.9. The molecular formula is C30H27ClN2O. The molecule has 1 aliphatic carbocycles. The number of fused-ring (bicyclic) bond motifs is 1. The lowest BCUT2D eigenvalue weighted by Crippen LogP contribution is -2.30. The van der Waals surface area contributed by atoms with Gasteiger partial charge in [0, 0.05) is 39.8 Å². The molecule has 0 fully saturated rings. The van der Waals surface area contributed by atoms with Gasteiger partial charge in [0.1, 0.15) is 0 Å². The number of hydrogen-bond acceptors (Lipinski definition) is 1. The van der Waals surface area contributed by atoms with E-state index in [1.807, 2.05) is 36.1 Å². The number of aromatic nitrogens is 1. The second kappa shape index (κ2) is 8.18. The molecule has 3 aromatic carbocycles. The van der Waals surface area contributed by atoms with Gasteiger partial charge in [-0.05, 0) is 67.5 Å². The lowest BCUT2D eigenvalue weighted by molar-refractivity contribution is -0.115. The monoisotopic (exact) mass is 466 g/mol. The lowest BCUT2D eigenvalue weighted by Gasteiger charge is -2.29. The number of rotatable bonds is 3. The molecule has 0 spiro atoms. The van der Waals surface area contributed by atoms with Crippen molar-refractivity contribution in [3.8, 4) is 11.3 Å². The van der Waals surface area contributed by atoms with E-state index in [0.29, 0.717) is 5.02 Å². The second-order valence-corrected chi connectivity index (χ2v) is 9.83. The number of hydrogen-bond donors (Lipinski definition) is 0. The average molecular weight is 467 g/mol. The molecule has 0 saturated heterocycles. The molecule has 0 N–H and O–H groups in total. The minimum absolute atomic E-state index is 0.131. The number of para-hydroxylation sites is 1. The molecule has 3 nitrogen and oxygen atoms in total. The molecule has 2 aliphatic rings. The van der Waals surface area contributed by atoms with Gasteiger partial charge >= 0.3 is 0 Å². The highest BCUT2D eigenvalue weighted by atomic mass is 35.5. The van der Waals surface area contributed by atoms with Gasteiger partial charge in [-0.15, -0.1) is 0 Å². The Morgan fingerprint density at radius 3 is 2.44 bits per heavy atom. The van der Waals surface area contributed by atoms with E-state index in [1.165, 1.54) is 27.7 Å². The molecular weight excluding hydrogens is 440 g/mol. The van der Waals surface area contributed by atoms with Crippen molar-refractivity contribution in [3.05, 3.63) is 100 Å². The number of halogens is 1. The summed E-state index contributed by atoms with van der Waals surface area (Å²) in [4.78, 5) is 15.9. The van der Waals surface area contributed by atoms with Crippen molar-refractivity contribution in [1.82, 2.24) is 4.57 Å². The molecule has 6 rings (SSSR count). The first-order chi connectivity index (χ1) is 16.6. The molecule has 1 unspecified atom stereocenters. The fourth-order valence-corrected chi connectivity index (χ4v) is 6.01. The molecule has 170 valence electrons. The Morgan fingerprint density at radius 2 is 1.65 bits per heavy atom. The normalized spacial score (nSPS) is 18.1. The van der Waals surface area contributed by atoms with Crippen LogP contribution in [0.5, 0.6) is 0 Å². The van der Waals surface area contributed by atoms with E-state index in [-0.39, 0.29) is 11.9 Å². The summed E-state index contributed by atoms with van der Waals surface area (Å²) in [6.45, 7) is 2.00. The SMILES string of the molecule is Cc1ccc(N2C(=O)C3=C(CCCC3)C2c2c(-c3ccccc3)n(C)c3ccccc23)cc1Cl. The molecule has 2 heterocycles. The third-order valence-electron chi connectivity index (χ3n) is 7.48. The first-order valence-corrected chi connectivity index (χ1v) is 12.4. The highest BCUT2D eigenvalue weighted by molar-refractivity contribution is 6.31. The summed E-state index contributed by atoms with van der Waals surface area (Å²) in [7, 11) is 2.13. The zero-order chi connectivity index (χ0) is 23.4. The van der Waals surface area contributed by atoms with Gasteiger partial charge in [-0.1, -0.05) is 66.2 Å². The summed E-state index contributed by atoms with van der Waals surface area (Å²) >= 11 is 6.56. The van der Waals surface area contributed by atoms with Crippen LogP contribution in [-0.4, -0.2) is 10.5 Å². The number of carbonyl (C=O) groups is 1. The van der Waals surface area contributed by atoms with Crippen molar-refractivity contribution in [3.63, 3.8) is 0 Å². The maximum Gasteiger partial charge on any atom is 0.255 e. The predicted octanol–water partition coefficient (Wildman–Crippen LogP) is 7.77. The summed E-state index contributed by atoms with van der Waals surface area (Å²) in [6.07, 6.45) is 4.00. The van der Waals surface area contributed by atoms with Gasteiger partial charge in [0.25, 0.3) is 5.91 Å². The van der Waals surface area contributed by atoms with Crippen LogP contribution in [0.4, 0.5) is 5.69 Å². The summed E-state index contributed by atoms with van der Waals surface area (Å²) < 4.78 is 2.28. The summed E-state index contributed by atoms with van der Waals surface area (Å²) in [5, 5.41) is 1.89. The standard InChI is InChI=1S/C30H27ClN2O/c1-19-16-17-21(18-25(19)31)33-29(22-12-6-7-13-23(22)30(33)34)27-24-14-8-9-15-26(24)32(2)28(27)20-10-4-3-5-11-20/h3-5,8-11,14-18,29H,6-7,12-13H2,1-2H3. The van der Waals surface area contributed by atoms with Gasteiger partial charge in [0.05, 0.1) is 11.7 Å². The number of aryl methyl sites for hydroxylation is 2. The van der Waals surface area contributed by atoms with E-state index < -0.39 is 0 Å². The minimum atomic E-state index is -0.136. The van der Waals surface area contributed by atoms with Crippen molar-refractivity contribution in [1.29, 1.82) is 0 Å². The Bertz CT molecular complexity index is 1460. The van der Waals surface area contributed by atoms with Crippen LogP contribution >= 0.6 is 11.6 Å². The topological polar surface area (TPSA) is 25.2 Å². The maximum atomic E-state index is 13.9. The number of benzene rings is 3. The quantitative estimate of drug-likeness (QED) is 0.302. The van der Waals surface area contributed by atoms with E-state index in [1.54, 1.807) is 0 Å². The number of nitrogens with zero attached hydrogens (tertiary/aromatic N) is 2. The van der Waals surface area contributed by atoms with Crippen molar-refractivity contribution in [2.45, 2.75) is 38.6 Å². The van der Waals surface area contributed by atoms with E-state index in [9.17, 15) is 4.79 Å². The van der Waals surface area contributed by atoms with Gasteiger partial charge in [0.15, 0.2) is 0 Å². The first kappa shape index (κ1) is 21.2. The third kappa shape index (κ3) is 3.14. The Morgan fingerprint density at radius 1 is 0.912 bits per heavy atom. The molecule has 1 aromatic heterocycles. The highest BCUT2D eigenvalue weighted by Crippen LogP contribution is 2.51. The van der Waals surface area contributed by atoms with Crippen LogP contribution in [0.15, 0.2) is 83.9 Å². The van der Waals surface area contributed by atoms with Crippen molar-refractivity contribution >= 4 is 34.1 Å². The van der Waals surface area contributed by atoms with Crippen LogP contribution in [0.1, 0.15) is 42.9 Å². The molecule has 4 aromatic rings. The Labute approximate surface area is 205 Å². The van der Waals surface area contributed by atoms with Gasteiger partial charge in [-0.3, -0.25) is 9.69 Å². The van der Waals surface area contributed by atoms with Crippen LogP contribution in [-0.2, 0) is 11.8 Å². The van der Waals surface area contributed by atoms with Gasteiger partial charge in [-0.25, -0.2) is 0 Å². The molecule has 34 heavy (non-hydrogen) atoms. The number of carbonyl (C=O) groups excluding carboxylic acids is 1. The van der Waals surface area contributed by atoms with Gasteiger partial charge < -0.3 is 4.57 Å². The number of anilines is 1. The summed E-state index contributed by atoms with van der Waals surface area (Å²) in [5.74, 6) is 0.131. The Hall–Kier alpha value is -3.30. The Balaban J connectivity index is 1.67. The average Bonchev–Trinajstić information content (AvgIpc) is 3.32. The smallest absolute Gasteiger partial charge is 0.255 e. The summed E-state index contributed by atoms with van der Waals surface area (Å²) in [6, 6.07) is 25.0. The fourth-order valence-electron chi connectivity index (χ4n) is 5.84. The van der Waals surface area contributed by atoms with Crippen LogP contribution in [0.3, 0.4) is 0 Å². The zero-order valence-corrected chi connectivity index (χ0v) is 20.3. The molecule has 0 saturated carbocycles. The molecule has 1 aliphatic heterocycles. The van der Waals surface area contributed by atoms with E-state index in [0.717, 1.165) is 48.1 Å². The fraction of sp³-hybridized carbons (Fsp3) is 0.233. The van der Waals surface area contributed by atoms with Crippen LogP contribution < -0.4 is 4.90 Å². The Kier molecular flexibility index (Phi) is 5.11. The predicted molar refractivity (Wildman–Crippen MR) is 140 cm³/mol. The summed E-state index contributed by atoms with van der Waals surface area (Å²) in [5.41, 5.74) is 8.88. The molecule has 1 amide bonds. The van der Waals surface area contributed by atoms with Crippen molar-refractivity contribution < 1.29 is 4.79 Å². The van der Waals surface area contributed by atoms with Crippen LogP contribution in [0, 0.1) is 6.92 Å². The number of amides is 1. The van der Waals surface area contributed by atoms with Crippen LogP contribution in [0.25, 0.3) is 22.2 Å². The van der Waals surface area contributed by atoms with Gasteiger partial charge in [0.2, 0.25) is 0 Å². The lowest BCUT2D eigenvalue weighted by atomic mass is 9.86. The highest BCUT2D eigenvalue weighted by Gasteiger charge is 2.43. The molecule has 0 bridgehead atoms. The van der Waals surface area contributed by atoms with Crippen molar-refractivity contribution in [2.75, 3.05) is 4.90 Å². The van der Waals surface area contributed by atoms with Crippen LogP contribution in [0.2, 0.25) is 5.02 Å². The largest absolute Gasteiger partial charge is 0.343 e. The van der Waals surface area contributed by atoms with Gasteiger partial charge in [-0.2, -0.15) is 0 Å². The van der Waals surface area contributed by atoms with Crippen molar-refractivity contribution in [2.24, 2.45) is 7.05 Å². The third-order valence-corrected chi connectivity index (χ3v) is 7.88. The van der Waals surface area contributed by atoms with E-state index >= 15 is 0 Å². The first-order valence-electron chi connectivity index (χ1n) is 12.0. The van der Waals surface area contributed by atoms with E-state index in [2.05, 4.69) is 60.1 Å². The molecule has 4 heteroatoms. The second-order valence-electron chi connectivity index (χ2n) is 9.43. The molecule has 1 atom stereocenters. The zero-order valence-electron chi connectivity index (χ0n) is 19.5. The minimum Gasteiger partial charge on any atom is -0.343 e. The van der Waals surface area contributed by atoms with E-state index in [4.69, 9.17) is 11.6 Å². The molecule has 0 radical (unpaired) electrons.